The molecule has 0 saturated heterocycles. The number of pyridine rings is 1. The van der Waals surface area contributed by atoms with Gasteiger partial charge >= 0.3 is 0 Å². The van der Waals surface area contributed by atoms with Crippen molar-refractivity contribution in [2.75, 3.05) is 6.54 Å². The highest BCUT2D eigenvalue weighted by Crippen LogP contribution is 2.24. The molecule has 0 bridgehead atoms. The molecule has 2 rings (SSSR count). The Morgan fingerprint density at radius 2 is 2.14 bits per heavy atom. The predicted octanol–water partition coefficient (Wildman–Crippen LogP) is 2.47. The Morgan fingerprint density at radius 1 is 1.38 bits per heavy atom. The number of nitrogens with one attached hydrogen (secondary N) is 1. The highest BCUT2D eigenvalue weighted by molar-refractivity contribution is 7.16. The maximum Gasteiger partial charge on any atom is 0.272 e. The third kappa shape index (κ3) is 5.76. The molecular formula is C12H15Cl3N4OS. The second-order valence-electron chi connectivity index (χ2n) is 3.77. The summed E-state index contributed by atoms with van der Waals surface area (Å²) in [5.74, 6) is -0.296. The molecule has 0 spiro atoms. The van der Waals surface area contributed by atoms with Gasteiger partial charge in [-0.25, -0.2) is 4.98 Å². The minimum atomic E-state index is -0.296. The van der Waals surface area contributed by atoms with Gasteiger partial charge in [0.2, 0.25) is 0 Å². The zero-order chi connectivity index (χ0) is 13.7. The van der Waals surface area contributed by atoms with E-state index in [1.165, 1.54) is 11.3 Å². The molecule has 2 heterocycles. The first-order valence-corrected chi connectivity index (χ1v) is 6.93. The van der Waals surface area contributed by atoms with Crippen molar-refractivity contribution in [2.45, 2.75) is 13.0 Å². The van der Waals surface area contributed by atoms with Crippen LogP contribution in [0.3, 0.4) is 0 Å². The van der Waals surface area contributed by atoms with Gasteiger partial charge in [0.15, 0.2) is 5.69 Å². The van der Waals surface area contributed by atoms with Crippen LogP contribution in [0.1, 0.15) is 21.2 Å². The summed E-state index contributed by atoms with van der Waals surface area (Å²) in [6, 6.07) is 5.52. The number of carbonyl (C=O) groups excluding carboxylic acids is 1. The van der Waals surface area contributed by atoms with Crippen molar-refractivity contribution in [3.63, 3.8) is 0 Å². The van der Waals surface area contributed by atoms with Gasteiger partial charge in [0, 0.05) is 12.6 Å². The van der Waals surface area contributed by atoms with E-state index < -0.39 is 0 Å². The second-order valence-corrected chi connectivity index (χ2v) is 5.46. The third-order valence-corrected chi connectivity index (χ3v) is 3.67. The van der Waals surface area contributed by atoms with Gasteiger partial charge in [-0.3, -0.25) is 9.78 Å². The number of hydrogen-bond acceptors (Lipinski definition) is 5. The van der Waals surface area contributed by atoms with Gasteiger partial charge in [0.1, 0.15) is 4.34 Å². The number of rotatable bonds is 5. The van der Waals surface area contributed by atoms with Crippen molar-refractivity contribution in [3.05, 3.63) is 45.1 Å². The highest BCUT2D eigenvalue weighted by Gasteiger charge is 2.16. The molecule has 0 radical (unpaired) electrons. The van der Waals surface area contributed by atoms with Gasteiger partial charge in [-0.05, 0) is 18.7 Å². The molecule has 0 aliphatic carbocycles. The van der Waals surface area contributed by atoms with E-state index in [4.69, 9.17) is 17.3 Å². The van der Waals surface area contributed by atoms with Crippen LogP contribution in [-0.2, 0) is 13.0 Å². The molecule has 9 heteroatoms. The first-order chi connectivity index (χ1) is 9.20. The van der Waals surface area contributed by atoms with E-state index in [0.717, 1.165) is 10.7 Å². The maximum atomic E-state index is 11.9. The summed E-state index contributed by atoms with van der Waals surface area (Å²) in [7, 11) is 0. The Labute approximate surface area is 144 Å². The lowest BCUT2D eigenvalue weighted by molar-refractivity contribution is 0.0946. The Bertz CT molecular complexity index is 565. The van der Waals surface area contributed by atoms with Crippen LogP contribution in [0, 0.1) is 0 Å². The molecule has 0 atom stereocenters. The summed E-state index contributed by atoms with van der Waals surface area (Å²) in [6.45, 7) is 0.832. The molecule has 0 aliphatic heterocycles. The number of nitrogens with zero attached hydrogens (tertiary/aromatic N) is 2. The standard InChI is InChI=1S/C12H13ClN4OS.2ClH/c13-11-10(17-9(19-11)4-5-14)12(18)16-7-8-3-1-2-6-15-8;;/h1-3,6H,4-5,7,14H2,(H,16,18);2*1H. The number of amides is 1. The molecule has 0 saturated carbocycles. The Hall–Kier alpha value is -0.920. The Balaban J connectivity index is 0.00000200. The quantitative estimate of drug-likeness (QED) is 0.848. The van der Waals surface area contributed by atoms with Crippen LogP contribution in [0.5, 0.6) is 0 Å². The topological polar surface area (TPSA) is 80.9 Å². The summed E-state index contributed by atoms with van der Waals surface area (Å²) in [6.07, 6.45) is 2.30. The largest absolute Gasteiger partial charge is 0.345 e. The monoisotopic (exact) mass is 368 g/mol. The zero-order valence-electron chi connectivity index (χ0n) is 10.9. The number of hydrogen-bond donors (Lipinski definition) is 2. The highest BCUT2D eigenvalue weighted by atomic mass is 35.5. The maximum absolute atomic E-state index is 11.9. The Kier molecular flexibility index (Phi) is 9.48. The predicted molar refractivity (Wildman–Crippen MR) is 89.8 cm³/mol. The summed E-state index contributed by atoms with van der Waals surface area (Å²) < 4.78 is 0.391. The zero-order valence-corrected chi connectivity index (χ0v) is 14.1. The number of carbonyl (C=O) groups is 1. The van der Waals surface area contributed by atoms with E-state index in [1.807, 2.05) is 18.2 Å². The van der Waals surface area contributed by atoms with E-state index >= 15 is 0 Å². The van der Waals surface area contributed by atoms with Crippen molar-refractivity contribution in [2.24, 2.45) is 5.73 Å². The molecular weight excluding hydrogens is 355 g/mol. The first-order valence-electron chi connectivity index (χ1n) is 5.74. The summed E-state index contributed by atoms with van der Waals surface area (Å²) in [5.41, 5.74) is 6.48. The molecule has 0 aliphatic rings. The molecule has 0 fully saturated rings. The van der Waals surface area contributed by atoms with Crippen molar-refractivity contribution in [3.8, 4) is 0 Å². The average Bonchev–Trinajstić information content (AvgIpc) is 2.79. The van der Waals surface area contributed by atoms with Gasteiger partial charge in [-0.2, -0.15) is 0 Å². The van der Waals surface area contributed by atoms with Crippen LogP contribution in [0.25, 0.3) is 0 Å². The number of thiazole rings is 1. The van der Waals surface area contributed by atoms with Crippen LogP contribution < -0.4 is 11.1 Å². The second kappa shape index (κ2) is 9.92. The van der Waals surface area contributed by atoms with Gasteiger partial charge in [0.25, 0.3) is 5.91 Å². The summed E-state index contributed by atoms with van der Waals surface area (Å²) in [4.78, 5) is 20.3. The van der Waals surface area contributed by atoms with E-state index in [-0.39, 0.29) is 36.4 Å². The van der Waals surface area contributed by atoms with Gasteiger partial charge in [-0.1, -0.05) is 17.7 Å². The van der Waals surface area contributed by atoms with E-state index in [9.17, 15) is 4.79 Å². The van der Waals surface area contributed by atoms with Crippen molar-refractivity contribution in [1.29, 1.82) is 0 Å². The van der Waals surface area contributed by atoms with E-state index in [2.05, 4.69) is 15.3 Å². The molecule has 1 amide bonds. The lowest BCUT2D eigenvalue weighted by Crippen LogP contribution is -2.24. The van der Waals surface area contributed by atoms with Gasteiger partial charge in [-0.15, -0.1) is 36.2 Å². The lowest BCUT2D eigenvalue weighted by Gasteiger charge is -2.02. The van der Waals surface area contributed by atoms with Crippen molar-refractivity contribution in [1.82, 2.24) is 15.3 Å². The molecule has 116 valence electrons. The fourth-order valence-electron chi connectivity index (χ4n) is 1.47. The lowest BCUT2D eigenvalue weighted by atomic mass is 10.3. The SMILES string of the molecule is Cl.Cl.NCCc1nc(C(=O)NCc2ccccn2)c(Cl)s1. The van der Waals surface area contributed by atoms with Crippen LogP contribution in [0.15, 0.2) is 24.4 Å². The van der Waals surface area contributed by atoms with Crippen molar-refractivity contribution >= 4 is 53.7 Å². The van der Waals surface area contributed by atoms with E-state index in [1.54, 1.807) is 6.20 Å². The third-order valence-electron chi connectivity index (χ3n) is 2.36. The van der Waals surface area contributed by atoms with Crippen LogP contribution >= 0.6 is 47.8 Å². The molecule has 3 N–H and O–H groups in total. The average molecular weight is 370 g/mol. The normalized spacial score (nSPS) is 9.43. The number of halogens is 3. The van der Waals surface area contributed by atoms with E-state index in [0.29, 0.717) is 23.8 Å². The molecule has 2 aromatic rings. The van der Waals surface area contributed by atoms with Crippen LogP contribution in [0.4, 0.5) is 0 Å². The van der Waals surface area contributed by atoms with Gasteiger partial charge < -0.3 is 11.1 Å². The number of aromatic nitrogens is 2. The van der Waals surface area contributed by atoms with Crippen molar-refractivity contribution < 1.29 is 4.79 Å². The summed E-state index contributed by atoms with van der Waals surface area (Å²) >= 11 is 7.28. The molecule has 0 aromatic carbocycles. The number of nitrogens with two attached hydrogens (primary N) is 1. The molecule has 21 heavy (non-hydrogen) atoms. The van der Waals surface area contributed by atoms with Crippen LogP contribution in [0.2, 0.25) is 4.34 Å². The molecule has 2 aromatic heterocycles. The Morgan fingerprint density at radius 3 is 2.76 bits per heavy atom. The fourth-order valence-corrected chi connectivity index (χ4v) is 2.66. The minimum Gasteiger partial charge on any atom is -0.345 e. The molecule has 0 unspecified atom stereocenters. The summed E-state index contributed by atoms with van der Waals surface area (Å²) in [5, 5.41) is 3.51. The van der Waals surface area contributed by atoms with Crippen LogP contribution in [-0.4, -0.2) is 22.4 Å². The molecule has 5 nitrogen and oxygen atoms in total. The minimum absolute atomic E-state index is 0. The van der Waals surface area contributed by atoms with Gasteiger partial charge in [0.05, 0.1) is 17.2 Å². The smallest absolute Gasteiger partial charge is 0.272 e. The fraction of sp³-hybridized carbons (Fsp3) is 0.250. The first kappa shape index (κ1) is 20.1.